The van der Waals surface area contributed by atoms with E-state index in [1.165, 1.54) is 17.3 Å². The van der Waals surface area contributed by atoms with Crippen LogP contribution in [0.15, 0.2) is 11.4 Å². The van der Waals surface area contributed by atoms with Crippen LogP contribution >= 0.6 is 34.9 Å². The molecule has 0 spiro atoms. The summed E-state index contributed by atoms with van der Waals surface area (Å²) in [7, 11) is 1.85. The van der Waals surface area contributed by atoms with Gasteiger partial charge in [0.25, 0.3) is 0 Å². The number of fused-ring (bicyclic) bond motifs is 1. The van der Waals surface area contributed by atoms with Crippen molar-refractivity contribution in [3.8, 4) is 0 Å². The van der Waals surface area contributed by atoms with E-state index in [1.54, 1.807) is 11.3 Å². The summed E-state index contributed by atoms with van der Waals surface area (Å²) in [5, 5.41) is 10.4. The van der Waals surface area contributed by atoms with Crippen LogP contribution in [0.5, 0.6) is 0 Å². The van der Waals surface area contributed by atoms with E-state index in [4.69, 9.17) is 0 Å². The van der Waals surface area contributed by atoms with Crippen molar-refractivity contribution >= 4 is 56.8 Å². The second-order valence-electron chi connectivity index (χ2n) is 4.23. The summed E-state index contributed by atoms with van der Waals surface area (Å²) in [6.45, 7) is 0.975. The molecule has 1 aliphatic rings. The summed E-state index contributed by atoms with van der Waals surface area (Å²) < 4.78 is 0. The highest BCUT2D eigenvalue weighted by Crippen LogP contribution is 2.28. The van der Waals surface area contributed by atoms with Crippen LogP contribution < -0.4 is 10.6 Å². The number of thioether (sulfide) groups is 2. The minimum atomic E-state index is 0.681. The maximum atomic E-state index is 4.53. The molecule has 0 amide bonds. The molecule has 3 heterocycles. The lowest BCUT2D eigenvalue weighted by molar-refractivity contribution is 0.994. The second kappa shape index (κ2) is 6.19. The Hall–Kier alpha value is -0.660. The molecule has 0 radical (unpaired) electrons. The monoisotopic (exact) mass is 312 g/mol. The molecule has 3 rings (SSSR count). The van der Waals surface area contributed by atoms with Gasteiger partial charge in [0.05, 0.1) is 5.39 Å². The third-order valence-electron chi connectivity index (χ3n) is 2.93. The highest BCUT2D eigenvalue weighted by Gasteiger charge is 2.15. The number of thiophene rings is 1. The van der Waals surface area contributed by atoms with Crippen molar-refractivity contribution in [2.75, 3.05) is 41.5 Å². The minimum Gasteiger partial charge on any atom is -0.368 e. The number of rotatable bonds is 4. The van der Waals surface area contributed by atoms with Crippen molar-refractivity contribution in [3.05, 3.63) is 11.4 Å². The first-order valence-corrected chi connectivity index (χ1v) is 9.31. The number of hydrogen-bond donors (Lipinski definition) is 2. The van der Waals surface area contributed by atoms with Crippen molar-refractivity contribution in [2.45, 2.75) is 5.25 Å². The van der Waals surface area contributed by atoms with Gasteiger partial charge in [0.2, 0.25) is 5.95 Å². The SMILES string of the molecule is CNc1nc(NCC2CSCCS2)c2ccsc2n1. The zero-order chi connectivity index (χ0) is 13.1. The van der Waals surface area contributed by atoms with Crippen molar-refractivity contribution in [1.82, 2.24) is 9.97 Å². The fraction of sp³-hybridized carbons (Fsp3) is 0.500. The molecular formula is C12H16N4S3. The zero-order valence-electron chi connectivity index (χ0n) is 10.7. The minimum absolute atomic E-state index is 0.681. The molecule has 4 nitrogen and oxygen atoms in total. The fourth-order valence-corrected chi connectivity index (χ4v) is 5.34. The molecule has 1 aliphatic heterocycles. The molecule has 0 aliphatic carbocycles. The van der Waals surface area contributed by atoms with Gasteiger partial charge >= 0.3 is 0 Å². The summed E-state index contributed by atoms with van der Waals surface area (Å²) >= 11 is 5.76. The average Bonchev–Trinajstić information content (AvgIpc) is 2.94. The molecule has 2 aromatic heterocycles. The van der Waals surface area contributed by atoms with Crippen molar-refractivity contribution in [1.29, 1.82) is 0 Å². The quantitative estimate of drug-likeness (QED) is 0.905. The van der Waals surface area contributed by atoms with Crippen molar-refractivity contribution < 1.29 is 0 Å². The molecule has 2 aromatic rings. The van der Waals surface area contributed by atoms with Gasteiger partial charge in [-0.25, -0.2) is 4.98 Å². The molecule has 102 valence electrons. The van der Waals surface area contributed by atoms with Crippen molar-refractivity contribution in [3.63, 3.8) is 0 Å². The zero-order valence-corrected chi connectivity index (χ0v) is 13.1. The molecule has 0 aromatic carbocycles. The summed E-state index contributed by atoms with van der Waals surface area (Å²) in [6.07, 6.45) is 0. The van der Waals surface area contributed by atoms with Crippen LogP contribution in [0.3, 0.4) is 0 Å². The Bertz CT molecular complexity index is 551. The van der Waals surface area contributed by atoms with Crippen molar-refractivity contribution in [2.24, 2.45) is 0 Å². The summed E-state index contributed by atoms with van der Waals surface area (Å²) in [6, 6.07) is 2.09. The Morgan fingerprint density at radius 1 is 1.37 bits per heavy atom. The van der Waals surface area contributed by atoms with Gasteiger partial charge in [0, 0.05) is 36.1 Å². The van der Waals surface area contributed by atoms with E-state index in [2.05, 4.69) is 43.8 Å². The maximum absolute atomic E-state index is 4.53. The van der Waals surface area contributed by atoms with E-state index < -0.39 is 0 Å². The highest BCUT2D eigenvalue weighted by molar-refractivity contribution is 8.06. The summed E-state index contributed by atoms with van der Waals surface area (Å²) in [4.78, 5) is 10.0. The smallest absolute Gasteiger partial charge is 0.225 e. The number of anilines is 2. The highest BCUT2D eigenvalue weighted by atomic mass is 32.2. The third kappa shape index (κ3) is 3.09. The van der Waals surface area contributed by atoms with Gasteiger partial charge in [-0.15, -0.1) is 11.3 Å². The van der Waals surface area contributed by atoms with Gasteiger partial charge in [-0.2, -0.15) is 28.5 Å². The predicted molar refractivity (Wildman–Crippen MR) is 89.0 cm³/mol. The van der Waals surface area contributed by atoms with Gasteiger partial charge in [-0.1, -0.05) is 0 Å². The lowest BCUT2D eigenvalue weighted by Gasteiger charge is -2.21. The Labute approximate surface area is 125 Å². The van der Waals surface area contributed by atoms with Crippen LogP contribution in [0.25, 0.3) is 10.2 Å². The first-order valence-electron chi connectivity index (χ1n) is 6.23. The average molecular weight is 312 g/mol. The first kappa shape index (κ1) is 13.3. The van der Waals surface area contributed by atoms with E-state index >= 15 is 0 Å². The lowest BCUT2D eigenvalue weighted by Crippen LogP contribution is -2.23. The van der Waals surface area contributed by atoms with Crippen LogP contribution in [0.4, 0.5) is 11.8 Å². The molecule has 1 unspecified atom stereocenters. The van der Waals surface area contributed by atoms with Gasteiger partial charge in [0.15, 0.2) is 0 Å². The largest absolute Gasteiger partial charge is 0.368 e. The Morgan fingerprint density at radius 2 is 2.32 bits per heavy atom. The van der Waals surface area contributed by atoms with Gasteiger partial charge in [0.1, 0.15) is 10.6 Å². The molecular weight excluding hydrogens is 296 g/mol. The topological polar surface area (TPSA) is 49.8 Å². The Morgan fingerprint density at radius 3 is 3.11 bits per heavy atom. The molecule has 1 atom stereocenters. The molecule has 2 N–H and O–H groups in total. The van der Waals surface area contributed by atoms with E-state index in [1.807, 2.05) is 18.8 Å². The van der Waals surface area contributed by atoms with E-state index in [0.29, 0.717) is 11.2 Å². The summed E-state index contributed by atoms with van der Waals surface area (Å²) in [5.41, 5.74) is 0. The number of nitrogens with one attached hydrogen (secondary N) is 2. The first-order chi connectivity index (χ1) is 9.36. The predicted octanol–water partition coefficient (Wildman–Crippen LogP) is 2.99. The van der Waals surface area contributed by atoms with E-state index in [9.17, 15) is 0 Å². The van der Waals surface area contributed by atoms with Crippen LogP contribution in [-0.2, 0) is 0 Å². The fourth-order valence-electron chi connectivity index (χ4n) is 1.97. The molecule has 19 heavy (non-hydrogen) atoms. The Kier molecular flexibility index (Phi) is 4.35. The molecule has 0 bridgehead atoms. The van der Waals surface area contributed by atoms with Gasteiger partial charge < -0.3 is 10.6 Å². The maximum Gasteiger partial charge on any atom is 0.225 e. The molecule has 0 saturated carbocycles. The molecule has 7 heteroatoms. The summed E-state index contributed by atoms with van der Waals surface area (Å²) in [5.74, 6) is 5.41. The number of nitrogens with zero attached hydrogens (tertiary/aromatic N) is 2. The van der Waals surface area contributed by atoms with Crippen LogP contribution in [-0.4, -0.2) is 46.1 Å². The van der Waals surface area contributed by atoms with Crippen LogP contribution in [0.1, 0.15) is 0 Å². The standard InChI is InChI=1S/C12H16N4S3/c1-13-12-15-10(9-2-3-19-11(9)16-12)14-6-8-7-17-4-5-18-8/h2-3,8H,4-7H2,1H3,(H2,13,14,15,16). The second-order valence-corrected chi connectivity index (χ2v) is 7.69. The van der Waals surface area contributed by atoms with E-state index in [-0.39, 0.29) is 0 Å². The molecule has 1 saturated heterocycles. The van der Waals surface area contributed by atoms with Gasteiger partial charge in [-0.05, 0) is 11.4 Å². The normalized spacial score (nSPS) is 19.5. The number of hydrogen-bond acceptors (Lipinski definition) is 7. The van der Waals surface area contributed by atoms with Gasteiger partial charge in [-0.3, -0.25) is 0 Å². The van der Waals surface area contributed by atoms with Crippen LogP contribution in [0.2, 0.25) is 0 Å². The lowest BCUT2D eigenvalue weighted by atomic mass is 10.3. The number of aromatic nitrogens is 2. The molecule has 1 fully saturated rings. The Balaban J connectivity index is 1.77. The van der Waals surface area contributed by atoms with Crippen LogP contribution in [0, 0.1) is 0 Å². The third-order valence-corrected chi connectivity index (χ3v) is 6.58. The van der Waals surface area contributed by atoms with E-state index in [0.717, 1.165) is 22.6 Å².